The highest BCUT2D eigenvalue weighted by molar-refractivity contribution is 7.91. The molecule has 1 aliphatic rings. The zero-order valence-corrected chi connectivity index (χ0v) is 19.3. The van der Waals surface area contributed by atoms with Crippen molar-refractivity contribution in [1.82, 2.24) is 10.2 Å². The molecule has 1 N–H and O–H groups in total. The number of thiophene rings is 2. The minimum Gasteiger partial charge on any atom is -0.465 e. The third-order valence-corrected chi connectivity index (χ3v) is 8.36. The van der Waals surface area contributed by atoms with Gasteiger partial charge in [-0.25, -0.2) is 13.2 Å². The summed E-state index contributed by atoms with van der Waals surface area (Å²) in [6.07, 6.45) is 3.44. The lowest BCUT2D eigenvalue weighted by molar-refractivity contribution is -0.113. The zero-order chi connectivity index (χ0) is 22.2. The van der Waals surface area contributed by atoms with Crippen molar-refractivity contribution in [3.63, 3.8) is 0 Å². The van der Waals surface area contributed by atoms with Crippen LogP contribution >= 0.6 is 34.3 Å². The number of carbonyl (C=O) groups is 2. The number of carbonyl (C=O) groups excluding carboxylic acids is 2. The van der Waals surface area contributed by atoms with Crippen LogP contribution < -0.4 is 5.32 Å². The zero-order valence-electron chi connectivity index (χ0n) is 16.1. The van der Waals surface area contributed by atoms with Crippen molar-refractivity contribution in [2.45, 2.75) is 30.9 Å². The topological polar surface area (TPSA) is 128 Å². The lowest BCUT2D eigenvalue weighted by Crippen LogP contribution is -2.24. The van der Waals surface area contributed by atoms with Crippen LogP contribution in [-0.4, -0.2) is 43.4 Å². The molecule has 164 valence electrons. The van der Waals surface area contributed by atoms with E-state index in [1.165, 1.54) is 18.4 Å². The summed E-state index contributed by atoms with van der Waals surface area (Å²) in [5.74, 6) is -2.30. The van der Waals surface area contributed by atoms with Crippen molar-refractivity contribution >= 4 is 61.0 Å². The van der Waals surface area contributed by atoms with Gasteiger partial charge in [0.1, 0.15) is 10.8 Å². The van der Waals surface area contributed by atoms with Gasteiger partial charge >= 0.3 is 11.2 Å². The fourth-order valence-electron chi connectivity index (χ4n) is 3.23. The summed E-state index contributed by atoms with van der Waals surface area (Å²) in [5.41, 5.74) is 1.15. The molecule has 13 heteroatoms. The van der Waals surface area contributed by atoms with Crippen LogP contribution in [0.3, 0.4) is 0 Å². The van der Waals surface area contributed by atoms with Crippen LogP contribution in [-0.2, 0) is 32.2 Å². The van der Waals surface area contributed by atoms with Gasteiger partial charge in [0.2, 0.25) is 15.7 Å². The van der Waals surface area contributed by atoms with Gasteiger partial charge in [-0.05, 0) is 43.4 Å². The van der Waals surface area contributed by atoms with Crippen LogP contribution in [0.1, 0.15) is 33.6 Å². The lowest BCUT2D eigenvalue weighted by atomic mass is 9.95. The van der Waals surface area contributed by atoms with Gasteiger partial charge in [0.15, 0.2) is 0 Å². The van der Waals surface area contributed by atoms with E-state index in [1.54, 1.807) is 12.1 Å². The Morgan fingerprint density at radius 2 is 2.00 bits per heavy atom. The summed E-state index contributed by atoms with van der Waals surface area (Å²) in [4.78, 5) is 26.3. The number of methoxy groups -OCH3 is 1. The molecule has 31 heavy (non-hydrogen) atoms. The van der Waals surface area contributed by atoms with Crippen molar-refractivity contribution in [3.05, 3.63) is 32.5 Å². The standard InChI is InChI=1S/C18H16ClN3O6S3/c1-27-17(24)14-9-4-2-3-5-10(9)30-16(14)20-13(23)8-31(25,26)18-22-21-15(28-18)11-6-7-12(19)29-11/h6-7H,2-5,8H2,1H3,(H,20,23). The number of hydrogen-bond acceptors (Lipinski definition) is 10. The van der Waals surface area contributed by atoms with Crippen molar-refractivity contribution in [2.24, 2.45) is 0 Å². The first-order valence-electron chi connectivity index (χ1n) is 9.13. The number of aromatic nitrogens is 2. The van der Waals surface area contributed by atoms with E-state index in [-0.39, 0.29) is 5.89 Å². The molecule has 1 aliphatic carbocycles. The van der Waals surface area contributed by atoms with Crippen LogP contribution in [0.15, 0.2) is 21.8 Å². The van der Waals surface area contributed by atoms with Crippen molar-refractivity contribution < 1.29 is 27.2 Å². The molecule has 3 aromatic heterocycles. The second kappa shape index (κ2) is 8.69. The molecule has 0 aromatic carbocycles. The first-order valence-corrected chi connectivity index (χ1v) is 12.8. The van der Waals surface area contributed by atoms with Crippen LogP contribution in [0.4, 0.5) is 5.00 Å². The summed E-state index contributed by atoms with van der Waals surface area (Å²) in [6.45, 7) is 0. The molecule has 4 rings (SSSR count). The predicted octanol–water partition coefficient (Wildman–Crippen LogP) is 3.59. The minimum absolute atomic E-state index is 0.00482. The van der Waals surface area contributed by atoms with Gasteiger partial charge in [-0.15, -0.1) is 27.8 Å². The van der Waals surface area contributed by atoms with E-state index in [9.17, 15) is 18.0 Å². The van der Waals surface area contributed by atoms with E-state index < -0.39 is 32.7 Å². The van der Waals surface area contributed by atoms with Gasteiger partial charge in [-0.1, -0.05) is 16.7 Å². The highest BCUT2D eigenvalue weighted by Gasteiger charge is 2.30. The summed E-state index contributed by atoms with van der Waals surface area (Å²) >= 11 is 8.28. The maximum atomic E-state index is 12.6. The molecule has 9 nitrogen and oxygen atoms in total. The van der Waals surface area contributed by atoms with E-state index in [4.69, 9.17) is 20.8 Å². The molecule has 0 aliphatic heterocycles. The van der Waals surface area contributed by atoms with E-state index in [1.807, 2.05) is 0 Å². The molecule has 0 bridgehead atoms. The number of nitrogens with one attached hydrogen (secondary N) is 1. The van der Waals surface area contributed by atoms with E-state index >= 15 is 0 Å². The van der Waals surface area contributed by atoms with Crippen LogP contribution in [0.2, 0.25) is 4.34 Å². The van der Waals surface area contributed by atoms with Gasteiger partial charge in [0, 0.05) is 4.88 Å². The number of nitrogens with zero attached hydrogens (tertiary/aromatic N) is 2. The van der Waals surface area contributed by atoms with Crippen LogP contribution in [0.5, 0.6) is 0 Å². The molecule has 3 aromatic rings. The highest BCUT2D eigenvalue weighted by atomic mass is 35.5. The predicted molar refractivity (Wildman–Crippen MR) is 116 cm³/mol. The van der Waals surface area contributed by atoms with Crippen molar-refractivity contribution in [1.29, 1.82) is 0 Å². The maximum Gasteiger partial charge on any atom is 0.341 e. The number of halogens is 1. The highest BCUT2D eigenvalue weighted by Crippen LogP contribution is 2.38. The molecule has 1 amide bonds. The molecular weight excluding hydrogens is 486 g/mol. The fourth-order valence-corrected chi connectivity index (χ4v) is 6.40. The Balaban J connectivity index is 1.53. The molecule has 0 saturated carbocycles. The normalized spacial score (nSPS) is 13.6. The number of sulfone groups is 1. The summed E-state index contributed by atoms with van der Waals surface area (Å²) in [7, 11) is -2.93. The van der Waals surface area contributed by atoms with Gasteiger partial charge in [0.25, 0.3) is 5.89 Å². The average molecular weight is 502 g/mol. The Bertz CT molecular complexity index is 1260. The van der Waals surface area contributed by atoms with Crippen molar-refractivity contribution in [3.8, 4) is 10.8 Å². The second-order valence-electron chi connectivity index (χ2n) is 6.69. The number of rotatable bonds is 6. The van der Waals surface area contributed by atoms with E-state index in [0.717, 1.165) is 41.0 Å². The Morgan fingerprint density at radius 3 is 2.71 bits per heavy atom. The van der Waals surface area contributed by atoms with Gasteiger partial charge in [0.05, 0.1) is 21.9 Å². The largest absolute Gasteiger partial charge is 0.465 e. The third-order valence-electron chi connectivity index (χ3n) is 4.59. The third kappa shape index (κ3) is 4.52. The number of esters is 1. The summed E-state index contributed by atoms with van der Waals surface area (Å²) < 4.78 is 35.7. The Kier molecular flexibility index (Phi) is 6.15. The maximum absolute atomic E-state index is 12.6. The quantitative estimate of drug-likeness (QED) is 0.507. The number of hydrogen-bond donors (Lipinski definition) is 1. The molecule has 3 heterocycles. The minimum atomic E-state index is -4.19. The monoisotopic (exact) mass is 501 g/mol. The van der Waals surface area contributed by atoms with E-state index in [0.29, 0.717) is 26.2 Å². The molecule has 0 spiro atoms. The number of anilines is 1. The van der Waals surface area contributed by atoms with Crippen LogP contribution in [0.25, 0.3) is 10.8 Å². The van der Waals surface area contributed by atoms with E-state index in [2.05, 4.69) is 15.5 Å². The Hall–Kier alpha value is -2.28. The summed E-state index contributed by atoms with van der Waals surface area (Å²) in [6, 6.07) is 3.24. The Morgan fingerprint density at radius 1 is 1.23 bits per heavy atom. The number of aryl methyl sites for hydroxylation is 1. The first-order chi connectivity index (χ1) is 14.8. The number of amides is 1. The molecule has 0 fully saturated rings. The molecule has 0 atom stereocenters. The van der Waals surface area contributed by atoms with Gasteiger partial charge in [-0.2, -0.15) is 0 Å². The summed E-state index contributed by atoms with van der Waals surface area (Å²) in [5, 5.41) is 9.44. The van der Waals surface area contributed by atoms with Gasteiger partial charge in [-0.3, -0.25) is 4.79 Å². The number of fused-ring (bicyclic) bond motifs is 1. The van der Waals surface area contributed by atoms with Crippen LogP contribution in [0, 0.1) is 0 Å². The second-order valence-corrected chi connectivity index (χ2v) is 11.4. The smallest absolute Gasteiger partial charge is 0.341 e. The molecule has 0 saturated heterocycles. The average Bonchev–Trinajstić information content (AvgIpc) is 3.44. The molecule has 0 unspecified atom stereocenters. The molecular formula is C18H16ClN3O6S3. The fraction of sp³-hybridized carbons (Fsp3) is 0.333. The number of ether oxygens (including phenoxy) is 1. The first kappa shape index (κ1) is 21.9. The molecule has 0 radical (unpaired) electrons. The lowest BCUT2D eigenvalue weighted by Gasteiger charge is -2.11. The van der Waals surface area contributed by atoms with Gasteiger partial charge < -0.3 is 14.5 Å². The van der Waals surface area contributed by atoms with Crippen molar-refractivity contribution in [2.75, 3.05) is 18.2 Å². The Labute approximate surface area is 190 Å². The SMILES string of the molecule is COC(=O)c1c(NC(=O)CS(=O)(=O)c2nnc(-c3ccc(Cl)s3)o2)sc2c1CCCC2.